The molecule has 1 amide bonds. The molecule has 0 bridgehead atoms. The number of hydrogen-bond acceptors (Lipinski definition) is 5. The second-order valence-corrected chi connectivity index (χ2v) is 7.14. The lowest BCUT2D eigenvalue weighted by Crippen LogP contribution is -2.28. The van der Waals surface area contributed by atoms with Crippen molar-refractivity contribution in [1.29, 1.82) is 0 Å². The van der Waals surface area contributed by atoms with Gasteiger partial charge in [0.25, 0.3) is 5.91 Å². The Labute approximate surface area is 154 Å². The standard InChI is InChI=1S/C19H18N2O2S2/c1-24-15-9-7-13(8-10-15)17(22)11-20-18(23)16-12-25-19(21-16)14-5-3-2-4-6-14/h2-10,12,17,22H,11H2,1H3,(H,20,23)/t17-/m1/s1. The number of hydrogen-bond donors (Lipinski definition) is 2. The van der Waals surface area contributed by atoms with Crippen LogP contribution in [0, 0.1) is 0 Å². The number of amides is 1. The van der Waals surface area contributed by atoms with Gasteiger partial charge in [0, 0.05) is 22.4 Å². The average molecular weight is 370 g/mol. The van der Waals surface area contributed by atoms with E-state index in [1.54, 1.807) is 17.1 Å². The zero-order chi connectivity index (χ0) is 17.6. The molecule has 128 valence electrons. The van der Waals surface area contributed by atoms with Gasteiger partial charge in [-0.2, -0.15) is 0 Å². The van der Waals surface area contributed by atoms with E-state index >= 15 is 0 Å². The Kier molecular flexibility index (Phi) is 5.86. The summed E-state index contributed by atoms with van der Waals surface area (Å²) < 4.78 is 0. The molecule has 2 N–H and O–H groups in total. The lowest BCUT2D eigenvalue weighted by molar-refractivity contribution is 0.0912. The van der Waals surface area contributed by atoms with E-state index in [4.69, 9.17) is 0 Å². The summed E-state index contributed by atoms with van der Waals surface area (Å²) in [6.07, 6.45) is 1.26. The van der Waals surface area contributed by atoms with E-state index in [1.165, 1.54) is 11.3 Å². The van der Waals surface area contributed by atoms with Crippen LogP contribution in [0.4, 0.5) is 0 Å². The molecule has 2 aromatic carbocycles. The van der Waals surface area contributed by atoms with Crippen molar-refractivity contribution in [2.75, 3.05) is 12.8 Å². The Bertz CT molecular complexity index is 832. The number of benzene rings is 2. The fourth-order valence-electron chi connectivity index (χ4n) is 2.32. The minimum Gasteiger partial charge on any atom is -0.387 e. The highest BCUT2D eigenvalue weighted by atomic mass is 32.2. The van der Waals surface area contributed by atoms with Gasteiger partial charge in [-0.05, 0) is 24.0 Å². The Morgan fingerprint density at radius 1 is 1.20 bits per heavy atom. The molecule has 0 aliphatic rings. The lowest BCUT2D eigenvalue weighted by Gasteiger charge is -2.12. The molecule has 0 spiro atoms. The zero-order valence-corrected chi connectivity index (χ0v) is 15.3. The highest BCUT2D eigenvalue weighted by Crippen LogP contribution is 2.23. The van der Waals surface area contributed by atoms with Crippen LogP contribution >= 0.6 is 23.1 Å². The molecular weight excluding hydrogens is 352 g/mol. The molecule has 1 atom stereocenters. The van der Waals surface area contributed by atoms with Crippen molar-refractivity contribution in [2.24, 2.45) is 0 Å². The van der Waals surface area contributed by atoms with Gasteiger partial charge in [0.15, 0.2) is 0 Å². The van der Waals surface area contributed by atoms with Crippen molar-refractivity contribution in [3.05, 3.63) is 71.2 Å². The fraction of sp³-hybridized carbons (Fsp3) is 0.158. The SMILES string of the molecule is CSc1ccc([C@H](O)CNC(=O)c2csc(-c3ccccc3)n2)cc1. The molecule has 25 heavy (non-hydrogen) atoms. The van der Waals surface area contributed by atoms with E-state index in [1.807, 2.05) is 60.9 Å². The summed E-state index contributed by atoms with van der Waals surface area (Å²) >= 11 is 3.08. The molecule has 0 aliphatic heterocycles. The largest absolute Gasteiger partial charge is 0.387 e. The third-order valence-corrected chi connectivity index (χ3v) is 5.35. The number of rotatable bonds is 6. The molecule has 4 nitrogen and oxygen atoms in total. The van der Waals surface area contributed by atoms with Gasteiger partial charge >= 0.3 is 0 Å². The van der Waals surface area contributed by atoms with Crippen molar-refractivity contribution in [3.63, 3.8) is 0 Å². The molecule has 0 fully saturated rings. The first kappa shape index (κ1) is 17.7. The molecular formula is C19H18N2O2S2. The van der Waals surface area contributed by atoms with Crippen LogP contribution in [0.15, 0.2) is 64.9 Å². The number of thiazole rings is 1. The number of carbonyl (C=O) groups excluding carboxylic acids is 1. The van der Waals surface area contributed by atoms with Crippen molar-refractivity contribution in [1.82, 2.24) is 10.3 Å². The third kappa shape index (κ3) is 4.48. The van der Waals surface area contributed by atoms with Crippen molar-refractivity contribution in [2.45, 2.75) is 11.0 Å². The fourth-order valence-corrected chi connectivity index (χ4v) is 3.53. The van der Waals surface area contributed by atoms with E-state index in [0.717, 1.165) is 21.0 Å². The third-order valence-electron chi connectivity index (χ3n) is 3.71. The van der Waals surface area contributed by atoms with E-state index in [9.17, 15) is 9.90 Å². The van der Waals surface area contributed by atoms with E-state index < -0.39 is 6.10 Å². The number of nitrogens with one attached hydrogen (secondary N) is 1. The molecule has 3 aromatic rings. The smallest absolute Gasteiger partial charge is 0.270 e. The quantitative estimate of drug-likeness (QED) is 0.644. The van der Waals surface area contributed by atoms with Crippen LogP contribution in [0.3, 0.4) is 0 Å². The Morgan fingerprint density at radius 3 is 2.60 bits per heavy atom. The van der Waals surface area contributed by atoms with Crippen LogP contribution < -0.4 is 5.32 Å². The number of aromatic nitrogens is 1. The van der Waals surface area contributed by atoms with Gasteiger partial charge in [-0.1, -0.05) is 42.5 Å². The first-order chi connectivity index (χ1) is 12.2. The molecule has 0 radical (unpaired) electrons. The topological polar surface area (TPSA) is 62.2 Å². The first-order valence-electron chi connectivity index (χ1n) is 7.78. The maximum atomic E-state index is 12.2. The summed E-state index contributed by atoms with van der Waals surface area (Å²) in [7, 11) is 0. The summed E-state index contributed by atoms with van der Waals surface area (Å²) in [6.45, 7) is 0.148. The van der Waals surface area contributed by atoms with Crippen LogP contribution in [-0.2, 0) is 0 Å². The van der Waals surface area contributed by atoms with Gasteiger partial charge in [0.05, 0.1) is 6.10 Å². The normalized spacial score (nSPS) is 11.9. The zero-order valence-electron chi connectivity index (χ0n) is 13.7. The van der Waals surface area contributed by atoms with Crippen LogP contribution in [0.1, 0.15) is 22.2 Å². The monoisotopic (exact) mass is 370 g/mol. The number of aliphatic hydroxyl groups excluding tert-OH is 1. The van der Waals surface area contributed by atoms with Crippen molar-refractivity contribution < 1.29 is 9.90 Å². The lowest BCUT2D eigenvalue weighted by atomic mass is 10.1. The molecule has 1 heterocycles. The summed E-state index contributed by atoms with van der Waals surface area (Å²) in [6, 6.07) is 17.4. The van der Waals surface area contributed by atoms with Crippen LogP contribution in [0.25, 0.3) is 10.6 Å². The van der Waals surface area contributed by atoms with E-state index in [0.29, 0.717) is 5.69 Å². The predicted molar refractivity (Wildman–Crippen MR) is 103 cm³/mol. The van der Waals surface area contributed by atoms with Crippen molar-refractivity contribution >= 4 is 29.0 Å². The molecule has 1 aromatic heterocycles. The van der Waals surface area contributed by atoms with Gasteiger partial charge in [0.2, 0.25) is 0 Å². The van der Waals surface area contributed by atoms with Crippen LogP contribution in [0.5, 0.6) is 0 Å². The predicted octanol–water partition coefficient (Wildman–Crippen LogP) is 4.00. The van der Waals surface area contributed by atoms with Gasteiger partial charge in [-0.25, -0.2) is 4.98 Å². The summed E-state index contributed by atoms with van der Waals surface area (Å²) in [4.78, 5) is 17.8. The second kappa shape index (κ2) is 8.29. The summed E-state index contributed by atoms with van der Waals surface area (Å²) in [5, 5.41) is 15.5. The minimum absolute atomic E-state index is 0.148. The number of carbonyl (C=O) groups is 1. The van der Waals surface area contributed by atoms with Gasteiger partial charge in [0.1, 0.15) is 10.7 Å². The number of aliphatic hydroxyl groups is 1. The highest BCUT2D eigenvalue weighted by Gasteiger charge is 2.14. The molecule has 0 saturated heterocycles. The second-order valence-electron chi connectivity index (χ2n) is 5.40. The molecule has 0 unspecified atom stereocenters. The molecule has 0 aliphatic carbocycles. The summed E-state index contributed by atoms with van der Waals surface area (Å²) in [5.74, 6) is -0.279. The maximum absolute atomic E-state index is 12.2. The highest BCUT2D eigenvalue weighted by molar-refractivity contribution is 7.98. The minimum atomic E-state index is -0.743. The summed E-state index contributed by atoms with van der Waals surface area (Å²) in [5.41, 5.74) is 2.13. The van der Waals surface area contributed by atoms with Crippen LogP contribution in [-0.4, -0.2) is 28.8 Å². The number of thioether (sulfide) groups is 1. The van der Waals surface area contributed by atoms with Crippen molar-refractivity contribution in [3.8, 4) is 10.6 Å². The Morgan fingerprint density at radius 2 is 1.92 bits per heavy atom. The van der Waals surface area contributed by atoms with E-state index in [-0.39, 0.29) is 12.5 Å². The van der Waals surface area contributed by atoms with Crippen LogP contribution in [0.2, 0.25) is 0 Å². The van der Waals surface area contributed by atoms with Gasteiger partial charge in [-0.15, -0.1) is 23.1 Å². The van der Waals surface area contributed by atoms with E-state index in [2.05, 4.69) is 10.3 Å². The Hall–Kier alpha value is -2.15. The number of nitrogens with zero attached hydrogens (tertiary/aromatic N) is 1. The van der Waals surface area contributed by atoms with Gasteiger partial charge in [-0.3, -0.25) is 4.79 Å². The van der Waals surface area contributed by atoms with Gasteiger partial charge < -0.3 is 10.4 Å². The molecule has 3 rings (SSSR count). The maximum Gasteiger partial charge on any atom is 0.270 e. The molecule has 6 heteroatoms. The first-order valence-corrected chi connectivity index (χ1v) is 9.89. The molecule has 0 saturated carbocycles. The Balaban J connectivity index is 1.59. The average Bonchev–Trinajstić information content (AvgIpc) is 3.17.